The van der Waals surface area contributed by atoms with Crippen molar-refractivity contribution in [2.45, 2.75) is 38.0 Å². The number of carboxylic acids is 1. The van der Waals surface area contributed by atoms with Crippen molar-refractivity contribution in [2.75, 3.05) is 0 Å². The Bertz CT molecular complexity index is 444. The molecule has 0 radical (unpaired) electrons. The molecule has 0 bridgehead atoms. The molecule has 2 N–H and O–H groups in total. The third-order valence-electron chi connectivity index (χ3n) is 3.21. The van der Waals surface area contributed by atoms with Crippen molar-refractivity contribution in [3.63, 3.8) is 0 Å². The van der Waals surface area contributed by atoms with Crippen molar-refractivity contribution < 1.29 is 9.90 Å². The molecule has 0 aromatic carbocycles. The summed E-state index contributed by atoms with van der Waals surface area (Å²) in [6.07, 6.45) is 5.55. The van der Waals surface area contributed by atoms with Crippen molar-refractivity contribution in [3.05, 3.63) is 33.7 Å². The first-order valence-electron chi connectivity index (χ1n) is 5.65. The van der Waals surface area contributed by atoms with Gasteiger partial charge in [-0.05, 0) is 24.3 Å². The fraction of sp³-hybridized carbons (Fsp3) is 0.500. The minimum absolute atomic E-state index is 0.0689. The second kappa shape index (κ2) is 4.51. The Hall–Kier alpha value is -1.58. The van der Waals surface area contributed by atoms with Gasteiger partial charge in [-0.25, -0.2) is 4.79 Å². The Kier molecular flexibility index (Phi) is 3.08. The van der Waals surface area contributed by atoms with Gasteiger partial charge in [-0.2, -0.15) is 0 Å². The van der Waals surface area contributed by atoms with E-state index in [4.69, 9.17) is 5.11 Å². The van der Waals surface area contributed by atoms with Crippen LogP contribution in [0.1, 0.15) is 54.1 Å². The monoisotopic (exact) mass is 221 g/mol. The summed E-state index contributed by atoms with van der Waals surface area (Å²) in [6, 6.07) is 3.08. The summed E-state index contributed by atoms with van der Waals surface area (Å²) in [5, 5.41) is 9.05. The average Bonchev–Trinajstić information content (AvgIpc) is 2.30. The molecule has 1 saturated carbocycles. The van der Waals surface area contributed by atoms with Crippen LogP contribution in [0.15, 0.2) is 16.9 Å². The van der Waals surface area contributed by atoms with E-state index in [2.05, 4.69) is 4.98 Å². The maximum absolute atomic E-state index is 11.1. The number of hydrogen-bond donors (Lipinski definition) is 2. The first kappa shape index (κ1) is 10.9. The van der Waals surface area contributed by atoms with Crippen molar-refractivity contribution in [2.24, 2.45) is 0 Å². The predicted molar refractivity (Wildman–Crippen MR) is 59.8 cm³/mol. The van der Waals surface area contributed by atoms with Crippen LogP contribution < -0.4 is 5.56 Å². The summed E-state index contributed by atoms with van der Waals surface area (Å²) in [7, 11) is 0. The molecule has 1 aromatic rings. The smallest absolute Gasteiger partial charge is 0.352 e. The van der Waals surface area contributed by atoms with Gasteiger partial charge < -0.3 is 10.1 Å². The second-order valence-electron chi connectivity index (χ2n) is 4.29. The molecular weight excluding hydrogens is 206 g/mol. The topological polar surface area (TPSA) is 70.2 Å². The number of rotatable bonds is 2. The van der Waals surface area contributed by atoms with E-state index in [1.807, 2.05) is 0 Å². The fourth-order valence-electron chi connectivity index (χ4n) is 2.42. The third kappa shape index (κ3) is 2.15. The van der Waals surface area contributed by atoms with Crippen molar-refractivity contribution in [3.8, 4) is 0 Å². The fourth-order valence-corrected chi connectivity index (χ4v) is 2.42. The molecule has 0 amide bonds. The van der Waals surface area contributed by atoms with E-state index in [9.17, 15) is 9.59 Å². The molecule has 1 aliphatic carbocycles. The van der Waals surface area contributed by atoms with E-state index in [1.165, 1.54) is 12.5 Å². The van der Waals surface area contributed by atoms with E-state index < -0.39 is 5.97 Å². The molecule has 1 heterocycles. The highest BCUT2D eigenvalue weighted by Crippen LogP contribution is 2.33. The van der Waals surface area contributed by atoms with Crippen molar-refractivity contribution in [1.82, 2.24) is 4.98 Å². The summed E-state index contributed by atoms with van der Waals surface area (Å²) in [5.41, 5.74) is 0.503. The van der Waals surface area contributed by atoms with E-state index in [0.29, 0.717) is 0 Å². The maximum Gasteiger partial charge on any atom is 0.352 e. The van der Waals surface area contributed by atoms with Gasteiger partial charge in [-0.15, -0.1) is 0 Å². The van der Waals surface area contributed by atoms with Crippen LogP contribution in [0.4, 0.5) is 0 Å². The standard InChI is InChI=1S/C12H15NO3/c14-10-7-6-9(11(13-10)12(15)16)8-4-2-1-3-5-8/h6-8H,1-5H2,(H,13,14)(H,15,16). The molecule has 16 heavy (non-hydrogen) atoms. The van der Waals surface area contributed by atoms with Crippen LogP contribution in [-0.4, -0.2) is 16.1 Å². The average molecular weight is 221 g/mol. The van der Waals surface area contributed by atoms with Crippen molar-refractivity contribution in [1.29, 1.82) is 0 Å². The van der Waals surface area contributed by atoms with Gasteiger partial charge in [0.15, 0.2) is 0 Å². The maximum atomic E-state index is 11.1. The van der Waals surface area contributed by atoms with Crippen LogP contribution in [0, 0.1) is 0 Å². The number of carbonyl (C=O) groups is 1. The van der Waals surface area contributed by atoms with E-state index in [1.54, 1.807) is 6.07 Å². The Morgan fingerprint density at radius 2 is 1.94 bits per heavy atom. The lowest BCUT2D eigenvalue weighted by atomic mass is 9.83. The first-order valence-corrected chi connectivity index (χ1v) is 5.65. The van der Waals surface area contributed by atoms with Crippen LogP contribution in [-0.2, 0) is 0 Å². The molecule has 4 nitrogen and oxygen atoms in total. The van der Waals surface area contributed by atoms with E-state index in [0.717, 1.165) is 31.2 Å². The molecule has 0 aliphatic heterocycles. The van der Waals surface area contributed by atoms with E-state index >= 15 is 0 Å². The van der Waals surface area contributed by atoms with Crippen LogP contribution in [0.25, 0.3) is 0 Å². The summed E-state index contributed by atoms with van der Waals surface area (Å²) < 4.78 is 0. The van der Waals surface area contributed by atoms with Crippen LogP contribution in [0.2, 0.25) is 0 Å². The molecule has 4 heteroatoms. The van der Waals surface area contributed by atoms with Gasteiger partial charge in [-0.3, -0.25) is 4.79 Å². The second-order valence-corrected chi connectivity index (χ2v) is 4.29. The predicted octanol–water partition coefficient (Wildman–Crippen LogP) is 2.12. The summed E-state index contributed by atoms with van der Waals surface area (Å²) in [6.45, 7) is 0. The highest BCUT2D eigenvalue weighted by atomic mass is 16.4. The minimum atomic E-state index is -1.04. The molecular formula is C12H15NO3. The zero-order valence-corrected chi connectivity index (χ0v) is 9.03. The summed E-state index contributed by atoms with van der Waals surface area (Å²) >= 11 is 0. The van der Waals surface area contributed by atoms with Crippen LogP contribution in [0.5, 0.6) is 0 Å². The zero-order valence-electron chi connectivity index (χ0n) is 9.03. The number of H-pyrrole nitrogens is 1. The van der Waals surface area contributed by atoms with Gasteiger partial charge >= 0.3 is 5.97 Å². The Morgan fingerprint density at radius 3 is 2.56 bits per heavy atom. The molecule has 0 unspecified atom stereocenters. The highest BCUT2D eigenvalue weighted by Gasteiger charge is 2.21. The normalized spacial score (nSPS) is 17.2. The van der Waals surface area contributed by atoms with Crippen LogP contribution in [0.3, 0.4) is 0 Å². The number of nitrogens with one attached hydrogen (secondary N) is 1. The number of carboxylic acid groups (broad SMARTS) is 1. The number of aromatic carboxylic acids is 1. The number of hydrogen-bond acceptors (Lipinski definition) is 2. The van der Waals surface area contributed by atoms with Crippen molar-refractivity contribution >= 4 is 5.97 Å². The molecule has 0 spiro atoms. The minimum Gasteiger partial charge on any atom is -0.477 e. The third-order valence-corrected chi connectivity index (χ3v) is 3.21. The van der Waals surface area contributed by atoms with Gasteiger partial charge in [0, 0.05) is 6.07 Å². The molecule has 1 aromatic heterocycles. The van der Waals surface area contributed by atoms with Gasteiger partial charge in [0.2, 0.25) is 5.56 Å². The summed E-state index contributed by atoms with van der Waals surface area (Å²) in [4.78, 5) is 24.6. The highest BCUT2D eigenvalue weighted by molar-refractivity contribution is 5.87. The van der Waals surface area contributed by atoms with Crippen LogP contribution >= 0.6 is 0 Å². The molecule has 86 valence electrons. The first-order chi connectivity index (χ1) is 7.68. The molecule has 2 rings (SSSR count). The Labute approximate surface area is 93.3 Å². The lowest BCUT2D eigenvalue weighted by Crippen LogP contribution is -2.17. The molecule has 0 saturated heterocycles. The largest absolute Gasteiger partial charge is 0.477 e. The van der Waals surface area contributed by atoms with E-state index in [-0.39, 0.29) is 17.2 Å². The lowest BCUT2D eigenvalue weighted by Gasteiger charge is -2.22. The van der Waals surface area contributed by atoms with Gasteiger partial charge in [0.1, 0.15) is 5.69 Å². The number of pyridine rings is 1. The molecule has 1 fully saturated rings. The van der Waals surface area contributed by atoms with Gasteiger partial charge in [-0.1, -0.05) is 25.3 Å². The van der Waals surface area contributed by atoms with Gasteiger partial charge in [0.25, 0.3) is 0 Å². The zero-order chi connectivity index (χ0) is 11.5. The number of aromatic nitrogens is 1. The summed E-state index contributed by atoms with van der Waals surface area (Å²) in [5.74, 6) is -0.755. The number of aromatic amines is 1. The Morgan fingerprint density at radius 1 is 1.25 bits per heavy atom. The Balaban J connectivity index is 2.38. The molecule has 0 atom stereocenters. The molecule has 1 aliphatic rings. The lowest BCUT2D eigenvalue weighted by molar-refractivity contribution is 0.0688. The van der Waals surface area contributed by atoms with Gasteiger partial charge in [0.05, 0.1) is 0 Å². The quantitative estimate of drug-likeness (QED) is 0.803. The SMILES string of the molecule is O=C(O)c1[nH]c(=O)ccc1C1CCCCC1.